The van der Waals surface area contributed by atoms with Crippen LogP contribution < -0.4 is 15.4 Å². The smallest absolute Gasteiger partial charge is 0.251 e. The molecule has 1 saturated carbocycles. The number of nitrogens with one attached hydrogen (secondary N) is 3. The summed E-state index contributed by atoms with van der Waals surface area (Å²) >= 11 is 0. The normalized spacial score (nSPS) is 14.3. The van der Waals surface area contributed by atoms with Crippen LogP contribution in [-0.2, 0) is 14.8 Å². The van der Waals surface area contributed by atoms with E-state index in [2.05, 4.69) is 15.4 Å². The quantitative estimate of drug-likeness (QED) is 0.607. The Morgan fingerprint density at radius 3 is 2.35 bits per heavy atom. The predicted molar refractivity (Wildman–Crippen MR) is 87.6 cm³/mol. The van der Waals surface area contributed by atoms with Gasteiger partial charge in [0.1, 0.15) is 0 Å². The maximum Gasteiger partial charge on any atom is 0.251 e. The Labute approximate surface area is 135 Å². The van der Waals surface area contributed by atoms with E-state index in [0.717, 1.165) is 12.8 Å². The molecule has 1 aromatic carbocycles. The minimum Gasteiger partial charge on any atom is -0.351 e. The summed E-state index contributed by atoms with van der Waals surface area (Å²) in [6.07, 6.45) is 1.88. The van der Waals surface area contributed by atoms with Crippen LogP contribution in [0.5, 0.6) is 0 Å². The molecule has 0 aliphatic heterocycles. The fourth-order valence-corrected chi connectivity index (χ4v) is 2.50. The second kappa shape index (κ2) is 7.56. The van der Waals surface area contributed by atoms with Crippen molar-refractivity contribution < 1.29 is 18.0 Å². The largest absolute Gasteiger partial charge is 0.351 e. The van der Waals surface area contributed by atoms with Gasteiger partial charge < -0.3 is 10.6 Å². The van der Waals surface area contributed by atoms with Crippen molar-refractivity contribution in [1.29, 1.82) is 0 Å². The first-order valence-corrected chi connectivity index (χ1v) is 9.23. The highest BCUT2D eigenvalue weighted by molar-refractivity contribution is 7.89. The Morgan fingerprint density at radius 1 is 1.13 bits per heavy atom. The molecule has 0 atom stereocenters. The summed E-state index contributed by atoms with van der Waals surface area (Å²) in [5.74, 6) is -0.134. The van der Waals surface area contributed by atoms with Crippen LogP contribution in [0.2, 0.25) is 0 Å². The highest BCUT2D eigenvalue weighted by atomic mass is 32.2. The second-order valence-corrected chi connectivity index (χ2v) is 7.49. The van der Waals surface area contributed by atoms with Crippen LogP contribution in [0.1, 0.15) is 30.1 Å². The van der Waals surface area contributed by atoms with E-state index in [0.29, 0.717) is 11.3 Å². The topological polar surface area (TPSA) is 104 Å². The van der Waals surface area contributed by atoms with Gasteiger partial charge in [0.05, 0.1) is 5.75 Å². The lowest BCUT2D eigenvalue weighted by Gasteiger charge is -2.08. The van der Waals surface area contributed by atoms with E-state index in [1.54, 1.807) is 31.2 Å². The average molecular weight is 339 g/mol. The molecule has 1 fully saturated rings. The molecule has 7 nitrogen and oxygen atoms in total. The summed E-state index contributed by atoms with van der Waals surface area (Å²) < 4.78 is 24.8. The first-order valence-electron chi connectivity index (χ1n) is 7.58. The van der Waals surface area contributed by atoms with Gasteiger partial charge >= 0.3 is 0 Å². The number of benzene rings is 1. The van der Waals surface area contributed by atoms with Gasteiger partial charge in [-0.1, -0.05) is 0 Å². The average Bonchev–Trinajstić information content (AvgIpc) is 3.37. The minimum atomic E-state index is -3.24. The monoisotopic (exact) mass is 339 g/mol. The van der Waals surface area contributed by atoms with Crippen molar-refractivity contribution >= 4 is 27.5 Å². The molecule has 8 heteroatoms. The van der Waals surface area contributed by atoms with Gasteiger partial charge in [0.2, 0.25) is 15.9 Å². The lowest BCUT2D eigenvalue weighted by molar-refractivity contribution is -0.117. The molecule has 1 aromatic rings. The van der Waals surface area contributed by atoms with Gasteiger partial charge in [-0.2, -0.15) is 0 Å². The molecule has 2 rings (SSSR count). The summed E-state index contributed by atoms with van der Waals surface area (Å²) in [5.41, 5.74) is 1.11. The highest BCUT2D eigenvalue weighted by Crippen LogP contribution is 2.30. The lowest BCUT2D eigenvalue weighted by atomic mass is 10.2. The van der Waals surface area contributed by atoms with Crippen molar-refractivity contribution in [3.63, 3.8) is 0 Å². The van der Waals surface area contributed by atoms with Crippen LogP contribution in [0.4, 0.5) is 5.69 Å². The third-order valence-corrected chi connectivity index (χ3v) is 4.88. The van der Waals surface area contributed by atoms with Gasteiger partial charge in [-0.25, -0.2) is 13.1 Å². The van der Waals surface area contributed by atoms with E-state index in [1.807, 2.05) is 0 Å². The molecule has 2 amide bonds. The number of hydrogen-bond acceptors (Lipinski definition) is 4. The third kappa shape index (κ3) is 5.65. The molecule has 1 aliphatic rings. The van der Waals surface area contributed by atoms with E-state index in [9.17, 15) is 18.0 Å². The van der Waals surface area contributed by atoms with Gasteiger partial charge in [0.25, 0.3) is 5.91 Å². The molecular weight excluding hydrogens is 318 g/mol. The predicted octanol–water partition coefficient (Wildman–Crippen LogP) is 0.704. The van der Waals surface area contributed by atoms with Crippen molar-refractivity contribution in [3.8, 4) is 0 Å². The number of anilines is 1. The molecular formula is C15H21N3O4S. The molecule has 0 unspecified atom stereocenters. The molecule has 0 saturated heterocycles. The Balaban J connectivity index is 1.77. The van der Waals surface area contributed by atoms with E-state index in [1.165, 1.54) is 0 Å². The van der Waals surface area contributed by atoms with Gasteiger partial charge in [0, 0.05) is 30.3 Å². The van der Waals surface area contributed by atoms with Crippen molar-refractivity contribution in [2.45, 2.75) is 19.8 Å². The molecule has 3 N–H and O–H groups in total. The van der Waals surface area contributed by atoms with Gasteiger partial charge in [-0.3, -0.25) is 9.59 Å². The Morgan fingerprint density at radius 2 is 1.78 bits per heavy atom. The van der Waals surface area contributed by atoms with Gasteiger partial charge in [0.15, 0.2) is 0 Å². The fraction of sp³-hybridized carbons (Fsp3) is 0.467. The molecule has 23 heavy (non-hydrogen) atoms. The van der Waals surface area contributed by atoms with Crippen LogP contribution in [0.15, 0.2) is 24.3 Å². The van der Waals surface area contributed by atoms with Crippen molar-refractivity contribution in [3.05, 3.63) is 29.8 Å². The first-order chi connectivity index (χ1) is 10.9. The SMILES string of the molecule is CCS(=O)(=O)NCCNC(=O)c1ccc(NC(=O)C2CC2)cc1. The lowest BCUT2D eigenvalue weighted by Crippen LogP contribution is -2.35. The van der Waals surface area contributed by atoms with Crippen LogP contribution in [-0.4, -0.2) is 39.1 Å². The second-order valence-electron chi connectivity index (χ2n) is 5.39. The van der Waals surface area contributed by atoms with Gasteiger partial charge in [-0.15, -0.1) is 0 Å². The van der Waals surface area contributed by atoms with E-state index in [4.69, 9.17) is 0 Å². The number of rotatable bonds is 8. The van der Waals surface area contributed by atoms with Crippen molar-refractivity contribution in [1.82, 2.24) is 10.0 Å². The Hall–Kier alpha value is -1.93. The zero-order chi connectivity index (χ0) is 16.9. The number of carbonyl (C=O) groups is 2. The fourth-order valence-electron chi connectivity index (χ4n) is 1.88. The minimum absolute atomic E-state index is 0.00891. The Bertz CT molecular complexity index is 666. The van der Waals surface area contributed by atoms with E-state index >= 15 is 0 Å². The summed E-state index contributed by atoms with van der Waals surface area (Å²) in [4.78, 5) is 23.5. The molecule has 0 heterocycles. The molecule has 0 spiro atoms. The highest BCUT2D eigenvalue weighted by Gasteiger charge is 2.29. The summed E-state index contributed by atoms with van der Waals surface area (Å²) in [7, 11) is -3.24. The van der Waals surface area contributed by atoms with Crippen molar-refractivity contribution in [2.24, 2.45) is 5.92 Å². The summed E-state index contributed by atoms with van der Waals surface area (Å²) in [5, 5.41) is 5.43. The number of hydrogen-bond donors (Lipinski definition) is 3. The summed E-state index contributed by atoms with van der Waals surface area (Å²) in [6, 6.07) is 6.59. The maximum atomic E-state index is 11.9. The third-order valence-electron chi connectivity index (χ3n) is 3.48. The van der Waals surface area contributed by atoms with Crippen LogP contribution in [0.3, 0.4) is 0 Å². The molecule has 1 aliphatic carbocycles. The van der Waals surface area contributed by atoms with Gasteiger partial charge in [-0.05, 0) is 44.0 Å². The van der Waals surface area contributed by atoms with Crippen molar-refractivity contribution in [2.75, 3.05) is 24.2 Å². The number of carbonyl (C=O) groups excluding carboxylic acids is 2. The Kier molecular flexibility index (Phi) is 5.73. The van der Waals surface area contributed by atoms with E-state index < -0.39 is 10.0 Å². The molecule has 0 bridgehead atoms. The zero-order valence-electron chi connectivity index (χ0n) is 13.0. The molecule has 126 valence electrons. The summed E-state index contributed by atoms with van der Waals surface area (Å²) in [6.45, 7) is 1.90. The van der Waals surface area contributed by atoms with Crippen LogP contribution in [0.25, 0.3) is 0 Å². The first kappa shape index (κ1) is 17.4. The van der Waals surface area contributed by atoms with Crippen LogP contribution in [0, 0.1) is 5.92 Å². The maximum absolute atomic E-state index is 11.9. The van der Waals surface area contributed by atoms with Crippen LogP contribution >= 0.6 is 0 Å². The zero-order valence-corrected chi connectivity index (χ0v) is 13.8. The standard InChI is InChI=1S/C15H21N3O4S/c1-2-23(21,22)17-10-9-16-14(19)11-5-7-13(8-6-11)18-15(20)12-3-4-12/h5-8,12,17H,2-4,9-10H2,1H3,(H,16,19)(H,18,20). The number of sulfonamides is 1. The molecule has 0 radical (unpaired) electrons. The number of amides is 2. The molecule has 0 aromatic heterocycles. The van der Waals surface area contributed by atoms with E-state index in [-0.39, 0.29) is 36.6 Å².